The third kappa shape index (κ3) is 8.95. The minimum absolute atomic E-state index is 0.571. The van der Waals surface area contributed by atoms with Crippen LogP contribution >= 0.6 is 0 Å². The number of aliphatic hydroxyl groups is 1. The predicted molar refractivity (Wildman–Crippen MR) is 55.0 cm³/mol. The van der Waals surface area contributed by atoms with Crippen molar-refractivity contribution in [3.8, 4) is 24.7 Å². The highest BCUT2D eigenvalue weighted by atomic mass is 16.3. The molecule has 0 aromatic heterocycles. The van der Waals surface area contributed by atoms with E-state index < -0.39 is 6.10 Å². The highest BCUT2D eigenvalue weighted by molar-refractivity contribution is 4.92. The molecule has 1 atom stereocenters. The fourth-order valence-electron chi connectivity index (χ4n) is 1.01. The molecule has 13 heavy (non-hydrogen) atoms. The van der Waals surface area contributed by atoms with Crippen LogP contribution in [-0.4, -0.2) is 24.3 Å². The minimum atomic E-state index is -0.571. The molecule has 0 saturated carbocycles. The molecule has 0 saturated heterocycles. The van der Waals surface area contributed by atoms with E-state index in [1.54, 1.807) is 0 Å². The van der Waals surface area contributed by atoms with Crippen molar-refractivity contribution in [2.24, 2.45) is 0 Å². The number of hydrogen-bond donors (Lipinski definition) is 2. The van der Waals surface area contributed by atoms with Gasteiger partial charge in [-0.15, -0.1) is 12.8 Å². The summed E-state index contributed by atoms with van der Waals surface area (Å²) in [5.74, 6) is 4.80. The van der Waals surface area contributed by atoms with Crippen LogP contribution in [0.4, 0.5) is 0 Å². The Morgan fingerprint density at radius 1 is 1.23 bits per heavy atom. The lowest BCUT2D eigenvalue weighted by Gasteiger charge is -2.03. The van der Waals surface area contributed by atoms with Crippen molar-refractivity contribution in [3.63, 3.8) is 0 Å². The average molecular weight is 179 g/mol. The Morgan fingerprint density at radius 2 is 2.00 bits per heavy atom. The molecule has 0 radical (unpaired) electrons. The fraction of sp³-hybridized carbons (Fsp3) is 0.636. The van der Waals surface area contributed by atoms with E-state index in [9.17, 15) is 0 Å². The molecule has 0 spiro atoms. The van der Waals surface area contributed by atoms with Gasteiger partial charge in [-0.05, 0) is 25.8 Å². The Kier molecular flexibility index (Phi) is 8.46. The molecule has 2 nitrogen and oxygen atoms in total. The Bertz CT molecular complexity index is 187. The van der Waals surface area contributed by atoms with Gasteiger partial charge in [0.25, 0.3) is 0 Å². The summed E-state index contributed by atoms with van der Waals surface area (Å²) in [6.45, 7) is 1.57. The smallest absolute Gasteiger partial charge is 0.114 e. The monoisotopic (exact) mass is 179 g/mol. The van der Waals surface area contributed by atoms with Gasteiger partial charge < -0.3 is 10.4 Å². The molecule has 0 aliphatic carbocycles. The van der Waals surface area contributed by atoms with E-state index in [0.29, 0.717) is 13.0 Å². The normalized spacial score (nSPS) is 11.6. The summed E-state index contributed by atoms with van der Waals surface area (Å²) < 4.78 is 0. The summed E-state index contributed by atoms with van der Waals surface area (Å²) in [4.78, 5) is 0. The Labute approximate surface area is 80.7 Å². The third-order valence-corrected chi connectivity index (χ3v) is 1.75. The van der Waals surface area contributed by atoms with Gasteiger partial charge >= 0.3 is 0 Å². The molecule has 0 heterocycles. The maximum atomic E-state index is 9.02. The summed E-state index contributed by atoms with van der Waals surface area (Å²) in [5, 5.41) is 12.1. The molecular weight excluding hydrogens is 162 g/mol. The zero-order valence-corrected chi connectivity index (χ0v) is 7.92. The van der Waals surface area contributed by atoms with Gasteiger partial charge in [0.2, 0.25) is 0 Å². The first-order chi connectivity index (χ1) is 6.31. The largest absolute Gasteiger partial charge is 0.380 e. The quantitative estimate of drug-likeness (QED) is 0.447. The standard InChI is InChI=1S/C11H17NO/c1-3-9-12-10-7-5-6-8-11(13)4-2/h1-2,11-13H,5-10H2. The number of aliphatic hydroxyl groups excluding tert-OH is 1. The van der Waals surface area contributed by atoms with Crippen LogP contribution in [0, 0.1) is 24.7 Å². The first-order valence-electron chi connectivity index (χ1n) is 4.59. The molecule has 0 rings (SSSR count). The number of terminal acetylenes is 2. The van der Waals surface area contributed by atoms with Crippen LogP contribution in [0.25, 0.3) is 0 Å². The Balaban J connectivity index is 3.01. The summed E-state index contributed by atoms with van der Waals surface area (Å²) in [5.41, 5.74) is 0. The Morgan fingerprint density at radius 3 is 2.62 bits per heavy atom. The van der Waals surface area contributed by atoms with Crippen molar-refractivity contribution in [1.82, 2.24) is 5.32 Å². The van der Waals surface area contributed by atoms with Crippen LogP contribution in [0.3, 0.4) is 0 Å². The molecule has 0 aliphatic rings. The number of rotatable bonds is 7. The highest BCUT2D eigenvalue weighted by Gasteiger charge is 1.97. The molecule has 1 unspecified atom stereocenters. The van der Waals surface area contributed by atoms with Gasteiger partial charge in [-0.1, -0.05) is 18.3 Å². The number of hydrogen-bond acceptors (Lipinski definition) is 2. The van der Waals surface area contributed by atoms with E-state index >= 15 is 0 Å². The maximum Gasteiger partial charge on any atom is 0.114 e. The molecular formula is C11H17NO. The van der Waals surface area contributed by atoms with Gasteiger partial charge in [0.15, 0.2) is 0 Å². The fourth-order valence-corrected chi connectivity index (χ4v) is 1.01. The molecule has 0 aliphatic heterocycles. The van der Waals surface area contributed by atoms with Crippen LogP contribution in [0.5, 0.6) is 0 Å². The summed E-state index contributed by atoms with van der Waals surface area (Å²) in [6, 6.07) is 0. The van der Waals surface area contributed by atoms with Crippen molar-refractivity contribution in [2.45, 2.75) is 31.8 Å². The summed E-state index contributed by atoms with van der Waals surface area (Å²) in [6.07, 6.45) is 13.3. The third-order valence-electron chi connectivity index (χ3n) is 1.75. The SMILES string of the molecule is C#CCNCCCCCC(O)C#C. The molecule has 2 N–H and O–H groups in total. The lowest BCUT2D eigenvalue weighted by Crippen LogP contribution is -2.15. The highest BCUT2D eigenvalue weighted by Crippen LogP contribution is 2.01. The second-order valence-electron chi connectivity index (χ2n) is 2.91. The summed E-state index contributed by atoms with van der Waals surface area (Å²) >= 11 is 0. The first-order valence-corrected chi connectivity index (χ1v) is 4.59. The van der Waals surface area contributed by atoms with E-state index in [0.717, 1.165) is 25.8 Å². The van der Waals surface area contributed by atoms with Gasteiger partial charge in [0.05, 0.1) is 6.54 Å². The van der Waals surface area contributed by atoms with Crippen LogP contribution in [0.1, 0.15) is 25.7 Å². The van der Waals surface area contributed by atoms with Crippen LogP contribution < -0.4 is 5.32 Å². The van der Waals surface area contributed by atoms with Crippen LogP contribution in [0.2, 0.25) is 0 Å². The molecule has 72 valence electrons. The van der Waals surface area contributed by atoms with Crippen molar-refractivity contribution >= 4 is 0 Å². The van der Waals surface area contributed by atoms with Gasteiger partial charge in [-0.25, -0.2) is 0 Å². The van der Waals surface area contributed by atoms with Crippen molar-refractivity contribution in [1.29, 1.82) is 0 Å². The van der Waals surface area contributed by atoms with Crippen molar-refractivity contribution < 1.29 is 5.11 Å². The minimum Gasteiger partial charge on any atom is -0.380 e. The molecule has 0 aromatic carbocycles. The number of unbranched alkanes of at least 4 members (excludes halogenated alkanes) is 2. The van der Waals surface area contributed by atoms with Crippen molar-refractivity contribution in [2.75, 3.05) is 13.1 Å². The summed E-state index contributed by atoms with van der Waals surface area (Å²) in [7, 11) is 0. The zero-order valence-electron chi connectivity index (χ0n) is 7.92. The number of nitrogens with one attached hydrogen (secondary N) is 1. The Hall–Kier alpha value is -0.960. The van der Waals surface area contributed by atoms with Crippen molar-refractivity contribution in [3.05, 3.63) is 0 Å². The van der Waals surface area contributed by atoms with Crippen LogP contribution in [-0.2, 0) is 0 Å². The second-order valence-corrected chi connectivity index (χ2v) is 2.91. The van der Waals surface area contributed by atoms with Gasteiger partial charge in [0.1, 0.15) is 6.10 Å². The molecule has 2 heteroatoms. The lowest BCUT2D eigenvalue weighted by molar-refractivity contribution is 0.217. The van der Waals surface area contributed by atoms with E-state index in [1.807, 2.05) is 0 Å². The molecule has 0 fully saturated rings. The predicted octanol–water partition coefficient (Wildman–Crippen LogP) is 0.764. The second kappa shape index (κ2) is 9.13. The lowest BCUT2D eigenvalue weighted by atomic mass is 10.1. The van der Waals surface area contributed by atoms with E-state index in [1.165, 1.54) is 0 Å². The van der Waals surface area contributed by atoms with E-state index in [4.69, 9.17) is 18.0 Å². The molecule has 0 aromatic rings. The topological polar surface area (TPSA) is 32.3 Å². The van der Waals surface area contributed by atoms with Gasteiger partial charge in [0, 0.05) is 0 Å². The van der Waals surface area contributed by atoms with E-state index in [-0.39, 0.29) is 0 Å². The van der Waals surface area contributed by atoms with Gasteiger partial charge in [-0.2, -0.15) is 0 Å². The first kappa shape index (κ1) is 12.0. The molecule has 0 bridgehead atoms. The molecule has 0 amide bonds. The van der Waals surface area contributed by atoms with Crippen LogP contribution in [0.15, 0.2) is 0 Å². The zero-order chi connectivity index (χ0) is 9.94. The van der Waals surface area contributed by atoms with E-state index in [2.05, 4.69) is 17.2 Å². The average Bonchev–Trinajstić information content (AvgIpc) is 2.16. The maximum absolute atomic E-state index is 9.02. The van der Waals surface area contributed by atoms with Gasteiger partial charge in [-0.3, -0.25) is 0 Å².